The number of hydrogen-bond acceptors (Lipinski definition) is 3. The minimum atomic E-state index is -0.691. The molecule has 4 nitrogen and oxygen atoms in total. The van der Waals surface area contributed by atoms with Gasteiger partial charge in [-0.15, -0.1) is 0 Å². The first kappa shape index (κ1) is 9.48. The molecule has 0 aromatic rings. The fraction of sp³-hybridized carbons (Fsp3) is 0.875. The summed E-state index contributed by atoms with van der Waals surface area (Å²) in [4.78, 5) is 12.9. The molecule has 0 aromatic carbocycles. The maximum atomic E-state index is 11.3. The first-order valence-corrected chi connectivity index (χ1v) is 4.23. The number of carbonyl (C=O) groups is 1. The first-order valence-electron chi connectivity index (χ1n) is 4.23. The molecule has 3 N–H and O–H groups in total. The second kappa shape index (κ2) is 3.03. The van der Waals surface area contributed by atoms with Gasteiger partial charge in [0.15, 0.2) is 0 Å². The van der Waals surface area contributed by atoms with Gasteiger partial charge in [0.2, 0.25) is 5.91 Å². The Balaban J connectivity index is 2.38. The zero-order valence-electron chi connectivity index (χ0n) is 7.58. The third-order valence-corrected chi connectivity index (χ3v) is 2.13. The van der Waals surface area contributed by atoms with Gasteiger partial charge in [-0.05, 0) is 13.3 Å². The average Bonchev–Trinajstić information content (AvgIpc) is 1.97. The van der Waals surface area contributed by atoms with Crippen LogP contribution in [0.4, 0.5) is 0 Å². The molecular formula is C8H16N2O2. The van der Waals surface area contributed by atoms with Crippen molar-refractivity contribution in [2.75, 3.05) is 13.1 Å². The van der Waals surface area contributed by atoms with E-state index in [0.717, 1.165) is 0 Å². The van der Waals surface area contributed by atoms with Crippen LogP contribution in [0.2, 0.25) is 0 Å². The Labute approximate surface area is 72.3 Å². The van der Waals surface area contributed by atoms with Crippen molar-refractivity contribution in [3.05, 3.63) is 0 Å². The number of nitrogens with two attached hydrogens (primary N) is 1. The van der Waals surface area contributed by atoms with E-state index >= 15 is 0 Å². The van der Waals surface area contributed by atoms with E-state index in [9.17, 15) is 9.90 Å². The Kier molecular flexibility index (Phi) is 2.39. The Morgan fingerprint density at radius 1 is 1.75 bits per heavy atom. The van der Waals surface area contributed by atoms with Crippen LogP contribution in [-0.2, 0) is 4.79 Å². The molecule has 0 aromatic heterocycles. The van der Waals surface area contributed by atoms with E-state index in [0.29, 0.717) is 19.5 Å². The summed E-state index contributed by atoms with van der Waals surface area (Å²) < 4.78 is 0. The third kappa shape index (κ3) is 1.76. The van der Waals surface area contributed by atoms with Crippen molar-refractivity contribution < 1.29 is 9.90 Å². The molecule has 70 valence electrons. The number of nitrogens with zero attached hydrogens (tertiary/aromatic N) is 1. The zero-order valence-corrected chi connectivity index (χ0v) is 7.58. The van der Waals surface area contributed by atoms with Crippen LogP contribution < -0.4 is 5.73 Å². The van der Waals surface area contributed by atoms with Gasteiger partial charge in [0, 0.05) is 0 Å². The van der Waals surface area contributed by atoms with Gasteiger partial charge in [0.1, 0.15) is 0 Å². The number of aliphatic hydroxyl groups is 1. The summed E-state index contributed by atoms with van der Waals surface area (Å²) in [6.45, 7) is 4.42. The summed E-state index contributed by atoms with van der Waals surface area (Å²) in [6.07, 6.45) is 0.650. The minimum Gasteiger partial charge on any atom is -0.386 e. The smallest absolute Gasteiger partial charge is 0.239 e. The van der Waals surface area contributed by atoms with Crippen molar-refractivity contribution in [3.63, 3.8) is 0 Å². The summed E-state index contributed by atoms with van der Waals surface area (Å²) in [6, 6.07) is -0.402. The second-order valence-electron chi connectivity index (χ2n) is 3.71. The molecule has 1 fully saturated rings. The van der Waals surface area contributed by atoms with E-state index < -0.39 is 11.6 Å². The topological polar surface area (TPSA) is 66.6 Å². The molecule has 4 heteroatoms. The number of carbonyl (C=O) groups excluding carboxylic acids is 1. The summed E-state index contributed by atoms with van der Waals surface area (Å²) in [5.41, 5.74) is 4.85. The lowest BCUT2D eigenvalue weighted by Crippen LogP contribution is -2.64. The fourth-order valence-electron chi connectivity index (χ4n) is 1.34. The molecule has 1 aliphatic heterocycles. The van der Waals surface area contributed by atoms with Crippen molar-refractivity contribution in [3.8, 4) is 0 Å². The highest BCUT2D eigenvalue weighted by molar-refractivity contribution is 5.82. The Bertz CT molecular complexity index is 183. The standard InChI is InChI=1S/C8H16N2O2/c1-3-6(9)7(11)10-4-8(2,12)5-10/h6,12H,3-5,9H2,1-2H3/t6-/m1/s1. The average molecular weight is 172 g/mol. The molecule has 1 saturated heterocycles. The fourth-order valence-corrected chi connectivity index (χ4v) is 1.34. The van der Waals surface area contributed by atoms with E-state index in [1.807, 2.05) is 6.92 Å². The van der Waals surface area contributed by atoms with Crippen molar-refractivity contribution in [2.45, 2.75) is 31.9 Å². The molecule has 1 heterocycles. The van der Waals surface area contributed by atoms with Crippen LogP contribution in [0.25, 0.3) is 0 Å². The lowest BCUT2D eigenvalue weighted by molar-refractivity contribution is -0.153. The largest absolute Gasteiger partial charge is 0.386 e. The van der Waals surface area contributed by atoms with Gasteiger partial charge in [-0.3, -0.25) is 4.79 Å². The van der Waals surface area contributed by atoms with Gasteiger partial charge in [0.25, 0.3) is 0 Å². The lowest BCUT2D eigenvalue weighted by Gasteiger charge is -2.45. The molecule has 1 amide bonds. The molecule has 0 aliphatic carbocycles. The number of amides is 1. The van der Waals surface area contributed by atoms with Crippen molar-refractivity contribution in [2.24, 2.45) is 5.73 Å². The number of likely N-dealkylation sites (tertiary alicyclic amines) is 1. The van der Waals surface area contributed by atoms with E-state index in [4.69, 9.17) is 5.73 Å². The van der Waals surface area contributed by atoms with Crippen LogP contribution >= 0.6 is 0 Å². The molecule has 12 heavy (non-hydrogen) atoms. The molecule has 0 bridgehead atoms. The van der Waals surface area contributed by atoms with E-state index in [1.165, 1.54) is 0 Å². The molecule has 0 radical (unpaired) electrons. The van der Waals surface area contributed by atoms with Crippen LogP contribution in [0.3, 0.4) is 0 Å². The molecule has 0 spiro atoms. The maximum absolute atomic E-state index is 11.3. The SMILES string of the molecule is CC[C@@H](N)C(=O)N1CC(C)(O)C1. The van der Waals surface area contributed by atoms with E-state index in [1.54, 1.807) is 11.8 Å². The van der Waals surface area contributed by atoms with Gasteiger partial charge >= 0.3 is 0 Å². The predicted octanol–water partition coefficient (Wildman–Crippen LogP) is -0.683. The molecule has 0 saturated carbocycles. The van der Waals surface area contributed by atoms with Gasteiger partial charge in [-0.25, -0.2) is 0 Å². The highest BCUT2D eigenvalue weighted by Gasteiger charge is 2.40. The maximum Gasteiger partial charge on any atom is 0.239 e. The van der Waals surface area contributed by atoms with Crippen LogP contribution in [0, 0.1) is 0 Å². The van der Waals surface area contributed by atoms with Gasteiger partial charge in [-0.1, -0.05) is 6.92 Å². The highest BCUT2D eigenvalue weighted by atomic mass is 16.3. The molecule has 1 rings (SSSR count). The van der Waals surface area contributed by atoms with Crippen LogP contribution in [-0.4, -0.2) is 40.6 Å². The van der Waals surface area contributed by atoms with Crippen LogP contribution in [0.15, 0.2) is 0 Å². The molecule has 1 atom stereocenters. The van der Waals surface area contributed by atoms with Crippen LogP contribution in [0.5, 0.6) is 0 Å². The first-order chi connectivity index (χ1) is 5.46. The molecule has 0 unspecified atom stereocenters. The lowest BCUT2D eigenvalue weighted by atomic mass is 9.96. The van der Waals surface area contributed by atoms with Crippen LogP contribution in [0.1, 0.15) is 20.3 Å². The number of rotatable bonds is 2. The van der Waals surface area contributed by atoms with Gasteiger partial charge < -0.3 is 15.7 Å². The summed E-state index contributed by atoms with van der Waals surface area (Å²) in [5, 5.41) is 9.35. The molecule has 1 aliphatic rings. The van der Waals surface area contributed by atoms with Gasteiger partial charge in [0.05, 0.1) is 24.7 Å². The third-order valence-electron chi connectivity index (χ3n) is 2.13. The number of β-amino-alcohol motifs (C(OH)–C–C–N with tert-alkyl or cyclic N) is 1. The number of hydrogen-bond donors (Lipinski definition) is 2. The van der Waals surface area contributed by atoms with Crippen molar-refractivity contribution >= 4 is 5.91 Å². The summed E-state index contributed by atoms with van der Waals surface area (Å²) in [5.74, 6) is -0.0518. The Morgan fingerprint density at radius 3 is 2.58 bits per heavy atom. The summed E-state index contributed by atoms with van der Waals surface area (Å²) >= 11 is 0. The quantitative estimate of drug-likeness (QED) is 0.580. The van der Waals surface area contributed by atoms with E-state index in [-0.39, 0.29) is 5.91 Å². The molecular weight excluding hydrogens is 156 g/mol. The van der Waals surface area contributed by atoms with E-state index in [2.05, 4.69) is 0 Å². The van der Waals surface area contributed by atoms with Gasteiger partial charge in [-0.2, -0.15) is 0 Å². The van der Waals surface area contributed by atoms with Crippen molar-refractivity contribution in [1.82, 2.24) is 4.90 Å². The normalized spacial score (nSPS) is 23.2. The zero-order chi connectivity index (χ0) is 9.35. The second-order valence-corrected chi connectivity index (χ2v) is 3.71. The van der Waals surface area contributed by atoms with Crippen molar-refractivity contribution in [1.29, 1.82) is 0 Å². The summed E-state index contributed by atoms with van der Waals surface area (Å²) in [7, 11) is 0. The highest BCUT2D eigenvalue weighted by Crippen LogP contribution is 2.20. The minimum absolute atomic E-state index is 0.0518. The monoisotopic (exact) mass is 172 g/mol. The predicted molar refractivity (Wildman–Crippen MR) is 45.5 cm³/mol. The Morgan fingerprint density at radius 2 is 2.25 bits per heavy atom. The Hall–Kier alpha value is -0.610.